The second-order valence-corrected chi connectivity index (χ2v) is 4.45. The molecule has 87 valence electrons. The monoisotopic (exact) mass is 223 g/mol. The van der Waals surface area contributed by atoms with Gasteiger partial charge in [0.2, 0.25) is 0 Å². The van der Waals surface area contributed by atoms with E-state index < -0.39 is 0 Å². The molecule has 2 aromatic carbocycles. The van der Waals surface area contributed by atoms with E-state index in [1.54, 1.807) is 0 Å². The van der Waals surface area contributed by atoms with Crippen LogP contribution >= 0.6 is 0 Å². The summed E-state index contributed by atoms with van der Waals surface area (Å²) in [6.07, 6.45) is 5.10. The Kier molecular flexibility index (Phi) is 4.37. The summed E-state index contributed by atoms with van der Waals surface area (Å²) < 4.78 is 0. The van der Waals surface area contributed by atoms with Crippen molar-refractivity contribution in [2.45, 2.75) is 32.6 Å². The van der Waals surface area contributed by atoms with Crippen LogP contribution < -0.4 is 0 Å². The van der Waals surface area contributed by atoms with E-state index in [4.69, 9.17) is 0 Å². The van der Waals surface area contributed by atoms with Crippen LogP contribution in [-0.2, 0) is 6.42 Å². The third-order valence-electron chi connectivity index (χ3n) is 3.05. The molecular weight excluding hydrogens is 204 g/mol. The molecule has 0 aliphatic carbocycles. The molecule has 2 aromatic rings. The van der Waals surface area contributed by atoms with Gasteiger partial charge < -0.3 is 0 Å². The van der Waals surface area contributed by atoms with Crippen molar-refractivity contribution in [2.75, 3.05) is 0 Å². The summed E-state index contributed by atoms with van der Waals surface area (Å²) in [6.45, 7) is 2.25. The van der Waals surface area contributed by atoms with Crippen LogP contribution in [0.3, 0.4) is 0 Å². The van der Waals surface area contributed by atoms with Crippen LogP contribution in [0.5, 0.6) is 0 Å². The van der Waals surface area contributed by atoms with Gasteiger partial charge in [0.25, 0.3) is 0 Å². The Labute approximate surface area is 104 Å². The van der Waals surface area contributed by atoms with E-state index >= 15 is 0 Å². The molecule has 0 fully saturated rings. The second kappa shape index (κ2) is 6.24. The molecule has 0 nitrogen and oxygen atoms in total. The summed E-state index contributed by atoms with van der Waals surface area (Å²) in [4.78, 5) is 0. The second-order valence-electron chi connectivity index (χ2n) is 4.45. The quantitative estimate of drug-likeness (QED) is 0.633. The summed E-state index contributed by atoms with van der Waals surface area (Å²) in [5.41, 5.74) is 4.04. The minimum atomic E-state index is 1.20. The smallest absolute Gasteiger partial charge is 0.0181 e. The van der Waals surface area contributed by atoms with Gasteiger partial charge in [-0.05, 0) is 35.6 Å². The number of aryl methyl sites for hydroxylation is 1. The van der Waals surface area contributed by atoms with E-state index in [0.717, 1.165) is 0 Å². The first kappa shape index (κ1) is 11.9. The standard InChI is InChI=1S/C17H19/c1-2-3-5-9-15-10-8-13-17(14-15)16-11-6-4-7-12-16/h6-8,10-14H,2-3,5,9H2,1H3. The van der Waals surface area contributed by atoms with Gasteiger partial charge in [-0.25, -0.2) is 0 Å². The molecule has 0 bridgehead atoms. The lowest BCUT2D eigenvalue weighted by Crippen LogP contribution is -1.86. The number of hydrogen-bond donors (Lipinski definition) is 0. The molecule has 0 saturated heterocycles. The van der Waals surface area contributed by atoms with E-state index in [1.165, 1.54) is 42.4 Å². The van der Waals surface area contributed by atoms with Crippen molar-refractivity contribution in [1.29, 1.82) is 0 Å². The van der Waals surface area contributed by atoms with Crippen molar-refractivity contribution in [2.24, 2.45) is 0 Å². The molecular formula is C17H19. The molecule has 0 atom stereocenters. The minimum absolute atomic E-state index is 1.20. The lowest BCUT2D eigenvalue weighted by Gasteiger charge is -2.05. The molecule has 2 rings (SSSR count). The Morgan fingerprint density at radius 3 is 2.53 bits per heavy atom. The highest BCUT2D eigenvalue weighted by atomic mass is 14.0. The molecule has 0 spiro atoms. The zero-order chi connectivity index (χ0) is 11.9. The molecule has 0 aromatic heterocycles. The average molecular weight is 223 g/mol. The van der Waals surface area contributed by atoms with Crippen LogP contribution in [0.2, 0.25) is 0 Å². The Balaban J connectivity index is 2.12. The predicted octanol–water partition coefficient (Wildman–Crippen LogP) is 4.89. The first-order valence-electron chi connectivity index (χ1n) is 6.45. The lowest BCUT2D eigenvalue weighted by atomic mass is 10.0. The Bertz CT molecular complexity index is 443. The SMILES string of the molecule is CCCCCc1cccc(-c2cc[c]cc2)c1. The van der Waals surface area contributed by atoms with Crippen LogP contribution in [-0.4, -0.2) is 0 Å². The molecule has 0 aliphatic heterocycles. The molecule has 0 heteroatoms. The third kappa shape index (κ3) is 3.45. The molecule has 17 heavy (non-hydrogen) atoms. The Morgan fingerprint density at radius 1 is 0.941 bits per heavy atom. The predicted molar refractivity (Wildman–Crippen MR) is 73.9 cm³/mol. The maximum Gasteiger partial charge on any atom is -0.0181 e. The number of hydrogen-bond acceptors (Lipinski definition) is 0. The maximum atomic E-state index is 3.06. The van der Waals surface area contributed by atoms with Crippen LogP contribution in [0.1, 0.15) is 31.7 Å². The van der Waals surface area contributed by atoms with Gasteiger partial charge in [0, 0.05) is 0 Å². The van der Waals surface area contributed by atoms with Gasteiger partial charge >= 0.3 is 0 Å². The van der Waals surface area contributed by atoms with Crippen molar-refractivity contribution < 1.29 is 0 Å². The number of unbranched alkanes of at least 4 members (excludes halogenated alkanes) is 2. The van der Waals surface area contributed by atoms with E-state index in [9.17, 15) is 0 Å². The van der Waals surface area contributed by atoms with E-state index in [-0.39, 0.29) is 0 Å². The molecule has 0 saturated carbocycles. The van der Waals surface area contributed by atoms with Gasteiger partial charge in [-0.3, -0.25) is 0 Å². The first-order chi connectivity index (χ1) is 8.40. The zero-order valence-corrected chi connectivity index (χ0v) is 10.4. The fraction of sp³-hybridized carbons (Fsp3) is 0.294. The van der Waals surface area contributed by atoms with E-state index in [1.807, 2.05) is 12.1 Å². The highest BCUT2D eigenvalue weighted by Gasteiger charge is 1.98. The first-order valence-corrected chi connectivity index (χ1v) is 6.45. The van der Waals surface area contributed by atoms with Crippen LogP contribution in [0.4, 0.5) is 0 Å². The van der Waals surface area contributed by atoms with Crippen molar-refractivity contribution in [3.8, 4) is 11.1 Å². The normalized spacial score (nSPS) is 10.4. The van der Waals surface area contributed by atoms with Crippen molar-refractivity contribution in [1.82, 2.24) is 0 Å². The van der Waals surface area contributed by atoms with Crippen LogP contribution in [0, 0.1) is 6.07 Å². The topological polar surface area (TPSA) is 0 Å². The lowest BCUT2D eigenvalue weighted by molar-refractivity contribution is 0.717. The summed E-state index contributed by atoms with van der Waals surface area (Å²) in [6, 6.07) is 20.1. The Hall–Kier alpha value is -1.56. The highest BCUT2D eigenvalue weighted by molar-refractivity contribution is 5.63. The highest BCUT2D eigenvalue weighted by Crippen LogP contribution is 2.20. The van der Waals surface area contributed by atoms with Gasteiger partial charge in [0.15, 0.2) is 0 Å². The van der Waals surface area contributed by atoms with Crippen molar-refractivity contribution in [3.05, 3.63) is 60.2 Å². The summed E-state index contributed by atoms with van der Waals surface area (Å²) in [5, 5.41) is 0. The summed E-state index contributed by atoms with van der Waals surface area (Å²) in [5.74, 6) is 0. The molecule has 0 unspecified atom stereocenters. The fourth-order valence-corrected chi connectivity index (χ4v) is 2.06. The van der Waals surface area contributed by atoms with Crippen molar-refractivity contribution in [3.63, 3.8) is 0 Å². The van der Waals surface area contributed by atoms with Gasteiger partial charge in [-0.1, -0.05) is 68.3 Å². The van der Waals surface area contributed by atoms with Gasteiger partial charge in [-0.2, -0.15) is 0 Å². The van der Waals surface area contributed by atoms with Gasteiger partial charge in [0.05, 0.1) is 0 Å². The molecule has 0 aliphatic rings. The molecule has 0 amide bonds. The maximum absolute atomic E-state index is 3.06. The fourth-order valence-electron chi connectivity index (χ4n) is 2.06. The van der Waals surface area contributed by atoms with E-state index in [2.05, 4.69) is 49.4 Å². The Morgan fingerprint density at radius 2 is 1.76 bits per heavy atom. The molecule has 1 radical (unpaired) electrons. The van der Waals surface area contributed by atoms with E-state index in [0.29, 0.717) is 0 Å². The summed E-state index contributed by atoms with van der Waals surface area (Å²) in [7, 11) is 0. The summed E-state index contributed by atoms with van der Waals surface area (Å²) >= 11 is 0. The molecule has 0 N–H and O–H groups in total. The van der Waals surface area contributed by atoms with Crippen molar-refractivity contribution >= 4 is 0 Å². The number of rotatable bonds is 5. The van der Waals surface area contributed by atoms with Crippen LogP contribution in [0.25, 0.3) is 11.1 Å². The van der Waals surface area contributed by atoms with Gasteiger partial charge in [0.1, 0.15) is 0 Å². The number of benzene rings is 2. The molecule has 0 heterocycles. The van der Waals surface area contributed by atoms with Crippen LogP contribution in [0.15, 0.2) is 48.5 Å². The largest absolute Gasteiger partial charge is 0.0654 e. The third-order valence-corrected chi connectivity index (χ3v) is 3.05. The zero-order valence-electron chi connectivity index (χ0n) is 10.4. The van der Waals surface area contributed by atoms with Gasteiger partial charge in [-0.15, -0.1) is 0 Å². The average Bonchev–Trinajstić information content (AvgIpc) is 2.41. The minimum Gasteiger partial charge on any atom is -0.0654 e.